The summed E-state index contributed by atoms with van der Waals surface area (Å²) in [6.45, 7) is 5.51. The van der Waals surface area contributed by atoms with Crippen LogP contribution in [0.5, 0.6) is 0 Å². The molecule has 0 fully saturated rings. The Morgan fingerprint density at radius 1 is 1.16 bits per heavy atom. The molecule has 0 saturated carbocycles. The minimum atomic E-state index is 0.581. The van der Waals surface area contributed by atoms with Gasteiger partial charge < -0.3 is 9.88 Å². The van der Waals surface area contributed by atoms with Crippen molar-refractivity contribution in [2.75, 3.05) is 6.54 Å². The summed E-state index contributed by atoms with van der Waals surface area (Å²) in [5, 5.41) is 3.60. The summed E-state index contributed by atoms with van der Waals surface area (Å²) in [7, 11) is 2.08. The maximum absolute atomic E-state index is 4.43. The first-order valence-corrected chi connectivity index (χ1v) is 7.97. The summed E-state index contributed by atoms with van der Waals surface area (Å²) < 4.78 is 2.13. The molecule has 1 aromatic rings. The second-order valence-corrected chi connectivity index (χ2v) is 5.47. The van der Waals surface area contributed by atoms with Gasteiger partial charge in [0.05, 0.1) is 0 Å². The fourth-order valence-corrected chi connectivity index (χ4v) is 2.55. The van der Waals surface area contributed by atoms with Crippen LogP contribution in [-0.4, -0.2) is 22.1 Å². The standard InChI is InChI=1S/C16H31N3/c1-4-6-7-8-9-10-11-15(17-5-2)14-16-18-12-13-19(16)3/h12-13,15,17H,4-11,14H2,1-3H3. The van der Waals surface area contributed by atoms with Gasteiger partial charge in [-0.2, -0.15) is 0 Å². The molecule has 1 N–H and O–H groups in total. The molecule has 3 nitrogen and oxygen atoms in total. The molecular weight excluding hydrogens is 234 g/mol. The second-order valence-electron chi connectivity index (χ2n) is 5.47. The van der Waals surface area contributed by atoms with Crippen LogP contribution < -0.4 is 5.32 Å². The van der Waals surface area contributed by atoms with Crippen molar-refractivity contribution in [2.45, 2.75) is 71.3 Å². The average molecular weight is 265 g/mol. The lowest BCUT2D eigenvalue weighted by Crippen LogP contribution is -2.31. The van der Waals surface area contributed by atoms with Crippen LogP contribution in [0.25, 0.3) is 0 Å². The van der Waals surface area contributed by atoms with Gasteiger partial charge in [0.25, 0.3) is 0 Å². The Kier molecular flexibility index (Phi) is 8.55. The summed E-state index contributed by atoms with van der Waals surface area (Å²) in [5.41, 5.74) is 0. The van der Waals surface area contributed by atoms with Gasteiger partial charge in [-0.25, -0.2) is 4.98 Å². The van der Waals surface area contributed by atoms with Crippen LogP contribution in [0.4, 0.5) is 0 Å². The Morgan fingerprint density at radius 3 is 2.53 bits per heavy atom. The highest BCUT2D eigenvalue weighted by Gasteiger charge is 2.10. The first-order chi connectivity index (χ1) is 9.27. The number of aromatic nitrogens is 2. The normalized spacial score (nSPS) is 12.8. The number of nitrogens with zero attached hydrogens (tertiary/aromatic N) is 2. The molecule has 0 amide bonds. The van der Waals surface area contributed by atoms with Gasteiger partial charge in [0, 0.05) is 31.9 Å². The molecule has 0 aliphatic heterocycles. The van der Waals surface area contributed by atoms with Gasteiger partial charge in [-0.3, -0.25) is 0 Å². The number of hydrogen-bond acceptors (Lipinski definition) is 2. The zero-order valence-electron chi connectivity index (χ0n) is 13.0. The molecule has 0 aromatic carbocycles. The molecule has 1 aromatic heterocycles. The van der Waals surface area contributed by atoms with Crippen LogP contribution in [0.15, 0.2) is 12.4 Å². The molecule has 1 atom stereocenters. The van der Waals surface area contributed by atoms with Crippen LogP contribution in [0, 0.1) is 0 Å². The molecular formula is C16H31N3. The molecule has 3 heteroatoms. The van der Waals surface area contributed by atoms with Gasteiger partial charge in [-0.15, -0.1) is 0 Å². The third kappa shape index (κ3) is 6.76. The number of imidazole rings is 1. The molecule has 0 aliphatic rings. The van der Waals surface area contributed by atoms with Crippen LogP contribution in [-0.2, 0) is 13.5 Å². The second kappa shape index (κ2) is 10.0. The van der Waals surface area contributed by atoms with Crippen molar-refractivity contribution < 1.29 is 0 Å². The maximum Gasteiger partial charge on any atom is 0.109 e. The minimum Gasteiger partial charge on any atom is -0.338 e. The van der Waals surface area contributed by atoms with Gasteiger partial charge in [-0.1, -0.05) is 52.4 Å². The van der Waals surface area contributed by atoms with E-state index < -0.39 is 0 Å². The van der Waals surface area contributed by atoms with Crippen LogP contribution in [0.2, 0.25) is 0 Å². The molecule has 19 heavy (non-hydrogen) atoms. The van der Waals surface area contributed by atoms with Crippen molar-refractivity contribution in [3.05, 3.63) is 18.2 Å². The summed E-state index contributed by atoms with van der Waals surface area (Å²) in [6.07, 6.45) is 14.5. The van der Waals surface area contributed by atoms with Gasteiger partial charge >= 0.3 is 0 Å². The molecule has 0 aliphatic carbocycles. The van der Waals surface area contributed by atoms with Gasteiger partial charge in [-0.05, 0) is 13.0 Å². The van der Waals surface area contributed by atoms with Crippen molar-refractivity contribution in [1.82, 2.24) is 14.9 Å². The lowest BCUT2D eigenvalue weighted by atomic mass is 10.0. The fourth-order valence-electron chi connectivity index (χ4n) is 2.55. The van der Waals surface area contributed by atoms with E-state index in [-0.39, 0.29) is 0 Å². The molecule has 0 spiro atoms. The number of rotatable bonds is 11. The summed E-state index contributed by atoms with van der Waals surface area (Å²) in [4.78, 5) is 4.43. The third-order valence-corrected chi connectivity index (χ3v) is 3.75. The van der Waals surface area contributed by atoms with Gasteiger partial charge in [0.15, 0.2) is 0 Å². The first kappa shape index (κ1) is 16.2. The molecule has 1 rings (SSSR count). The lowest BCUT2D eigenvalue weighted by molar-refractivity contribution is 0.449. The lowest BCUT2D eigenvalue weighted by Gasteiger charge is -2.17. The highest BCUT2D eigenvalue weighted by atomic mass is 15.0. The van der Waals surface area contributed by atoms with E-state index >= 15 is 0 Å². The highest BCUT2D eigenvalue weighted by Crippen LogP contribution is 2.11. The van der Waals surface area contributed by atoms with Crippen molar-refractivity contribution >= 4 is 0 Å². The van der Waals surface area contributed by atoms with Crippen LogP contribution >= 0.6 is 0 Å². The third-order valence-electron chi connectivity index (χ3n) is 3.75. The monoisotopic (exact) mass is 265 g/mol. The van der Waals surface area contributed by atoms with Gasteiger partial charge in [0.1, 0.15) is 5.82 Å². The average Bonchev–Trinajstić information content (AvgIpc) is 2.79. The molecule has 1 heterocycles. The molecule has 0 radical (unpaired) electrons. The SMILES string of the molecule is CCCCCCCCC(Cc1nccn1C)NCC. The van der Waals surface area contributed by atoms with E-state index in [0.717, 1.165) is 13.0 Å². The predicted octanol–water partition coefficient (Wildman–Crippen LogP) is 3.69. The summed E-state index contributed by atoms with van der Waals surface area (Å²) >= 11 is 0. The molecule has 0 saturated heterocycles. The van der Waals surface area contributed by atoms with Gasteiger partial charge in [0.2, 0.25) is 0 Å². The number of likely N-dealkylation sites (N-methyl/N-ethyl adjacent to an activating group) is 1. The van der Waals surface area contributed by atoms with Crippen molar-refractivity contribution in [1.29, 1.82) is 0 Å². The maximum atomic E-state index is 4.43. The number of hydrogen-bond donors (Lipinski definition) is 1. The Morgan fingerprint density at radius 2 is 1.89 bits per heavy atom. The first-order valence-electron chi connectivity index (χ1n) is 7.97. The van der Waals surface area contributed by atoms with E-state index in [4.69, 9.17) is 0 Å². The summed E-state index contributed by atoms with van der Waals surface area (Å²) in [5.74, 6) is 1.19. The minimum absolute atomic E-state index is 0.581. The van der Waals surface area contributed by atoms with E-state index in [1.54, 1.807) is 0 Å². The van der Waals surface area contributed by atoms with E-state index in [2.05, 4.69) is 35.8 Å². The number of nitrogens with one attached hydrogen (secondary N) is 1. The quantitative estimate of drug-likeness (QED) is 0.618. The largest absolute Gasteiger partial charge is 0.338 e. The zero-order chi connectivity index (χ0) is 13.9. The Balaban J connectivity index is 2.23. The smallest absolute Gasteiger partial charge is 0.109 e. The van der Waals surface area contributed by atoms with E-state index in [1.165, 1.54) is 50.8 Å². The molecule has 1 unspecified atom stereocenters. The topological polar surface area (TPSA) is 29.9 Å². The summed E-state index contributed by atoms with van der Waals surface area (Å²) in [6, 6.07) is 0.581. The number of aryl methyl sites for hydroxylation is 1. The van der Waals surface area contributed by atoms with E-state index in [1.807, 2.05) is 12.4 Å². The van der Waals surface area contributed by atoms with Crippen LogP contribution in [0.1, 0.15) is 64.6 Å². The Hall–Kier alpha value is -0.830. The number of unbranched alkanes of at least 4 members (excludes halogenated alkanes) is 5. The van der Waals surface area contributed by atoms with Crippen molar-refractivity contribution in [3.63, 3.8) is 0 Å². The van der Waals surface area contributed by atoms with Crippen LogP contribution in [0.3, 0.4) is 0 Å². The Labute approximate surface area is 118 Å². The highest BCUT2D eigenvalue weighted by molar-refractivity contribution is 4.94. The fraction of sp³-hybridized carbons (Fsp3) is 0.812. The molecule has 110 valence electrons. The Bertz CT molecular complexity index is 320. The molecule has 0 bridgehead atoms. The zero-order valence-corrected chi connectivity index (χ0v) is 13.0. The van der Waals surface area contributed by atoms with E-state index in [9.17, 15) is 0 Å². The van der Waals surface area contributed by atoms with Crippen molar-refractivity contribution in [2.24, 2.45) is 7.05 Å². The predicted molar refractivity (Wildman–Crippen MR) is 82.4 cm³/mol. The van der Waals surface area contributed by atoms with E-state index in [0.29, 0.717) is 6.04 Å². The van der Waals surface area contributed by atoms with Crippen molar-refractivity contribution in [3.8, 4) is 0 Å².